The van der Waals surface area contributed by atoms with E-state index >= 15 is 0 Å². The molecule has 0 N–H and O–H groups in total. The van der Waals surface area contributed by atoms with Gasteiger partial charge < -0.3 is 4.90 Å². The standard InChI is InChI=1S/C18H20N4S/c1-13-6-8-14(9-7-13)16-15(12-19)17(21-18(20-16)23-2)22-10-4-3-5-11-22/h6-9H,3-5,10-11H2,1-2H3. The van der Waals surface area contributed by atoms with Gasteiger partial charge >= 0.3 is 0 Å². The first-order valence-corrected chi connectivity index (χ1v) is 9.13. The summed E-state index contributed by atoms with van der Waals surface area (Å²) in [7, 11) is 0. The van der Waals surface area contributed by atoms with E-state index in [-0.39, 0.29) is 0 Å². The summed E-state index contributed by atoms with van der Waals surface area (Å²) in [6, 6.07) is 10.5. The molecule has 1 aromatic carbocycles. The number of aromatic nitrogens is 2. The fourth-order valence-electron chi connectivity index (χ4n) is 2.88. The summed E-state index contributed by atoms with van der Waals surface area (Å²) in [5.41, 5.74) is 3.51. The molecule has 0 aliphatic carbocycles. The molecule has 118 valence electrons. The van der Waals surface area contributed by atoms with E-state index in [0.29, 0.717) is 5.56 Å². The number of thioether (sulfide) groups is 1. The van der Waals surface area contributed by atoms with E-state index in [1.54, 1.807) is 0 Å². The van der Waals surface area contributed by atoms with Crippen molar-refractivity contribution in [1.82, 2.24) is 9.97 Å². The van der Waals surface area contributed by atoms with Crippen LogP contribution in [0.5, 0.6) is 0 Å². The number of nitriles is 1. The fraction of sp³-hybridized carbons (Fsp3) is 0.389. The summed E-state index contributed by atoms with van der Waals surface area (Å²) in [5, 5.41) is 10.5. The third-order valence-electron chi connectivity index (χ3n) is 4.14. The highest BCUT2D eigenvalue weighted by Crippen LogP contribution is 2.31. The van der Waals surface area contributed by atoms with Crippen molar-refractivity contribution in [2.45, 2.75) is 31.3 Å². The summed E-state index contributed by atoms with van der Waals surface area (Å²) in [4.78, 5) is 11.5. The number of hydrogen-bond acceptors (Lipinski definition) is 5. The zero-order valence-corrected chi connectivity index (χ0v) is 14.4. The molecule has 1 fully saturated rings. The van der Waals surface area contributed by atoms with Gasteiger partial charge in [-0.05, 0) is 32.4 Å². The van der Waals surface area contributed by atoms with Crippen molar-refractivity contribution in [3.63, 3.8) is 0 Å². The average Bonchev–Trinajstić information content (AvgIpc) is 2.62. The van der Waals surface area contributed by atoms with Crippen LogP contribution in [-0.4, -0.2) is 29.3 Å². The van der Waals surface area contributed by atoms with E-state index < -0.39 is 0 Å². The molecule has 5 heteroatoms. The Balaban J connectivity index is 2.14. The second-order valence-corrected chi connectivity index (χ2v) is 6.56. The molecule has 1 aromatic heterocycles. The van der Waals surface area contributed by atoms with Crippen LogP contribution in [0.15, 0.2) is 29.4 Å². The summed E-state index contributed by atoms with van der Waals surface area (Å²) in [6.07, 6.45) is 5.54. The highest BCUT2D eigenvalue weighted by molar-refractivity contribution is 7.98. The first-order valence-electron chi connectivity index (χ1n) is 7.91. The molecule has 3 rings (SSSR count). The highest BCUT2D eigenvalue weighted by atomic mass is 32.2. The molecular formula is C18H20N4S. The lowest BCUT2D eigenvalue weighted by atomic mass is 10.0. The van der Waals surface area contributed by atoms with Gasteiger partial charge in [-0.2, -0.15) is 5.26 Å². The van der Waals surface area contributed by atoms with Gasteiger partial charge in [-0.3, -0.25) is 0 Å². The fourth-order valence-corrected chi connectivity index (χ4v) is 3.24. The normalized spacial score (nSPS) is 14.6. The van der Waals surface area contributed by atoms with Crippen molar-refractivity contribution in [1.29, 1.82) is 5.26 Å². The van der Waals surface area contributed by atoms with E-state index in [2.05, 4.69) is 40.0 Å². The molecule has 2 aromatic rings. The molecule has 2 heterocycles. The lowest BCUT2D eigenvalue weighted by Crippen LogP contribution is -2.31. The minimum absolute atomic E-state index is 0.591. The summed E-state index contributed by atoms with van der Waals surface area (Å²) in [6.45, 7) is 3.99. The third kappa shape index (κ3) is 3.32. The van der Waals surface area contributed by atoms with Gasteiger partial charge in [0.15, 0.2) is 11.0 Å². The summed E-state index contributed by atoms with van der Waals surface area (Å²) in [5.74, 6) is 0.794. The molecule has 1 saturated heterocycles. The molecule has 23 heavy (non-hydrogen) atoms. The van der Waals surface area contributed by atoms with Crippen molar-refractivity contribution >= 4 is 17.6 Å². The molecule has 0 spiro atoms. The smallest absolute Gasteiger partial charge is 0.189 e. The van der Waals surface area contributed by atoms with Gasteiger partial charge in [0, 0.05) is 18.7 Å². The predicted molar refractivity (Wildman–Crippen MR) is 94.8 cm³/mol. The minimum Gasteiger partial charge on any atom is -0.355 e. The van der Waals surface area contributed by atoms with Gasteiger partial charge in [0.25, 0.3) is 0 Å². The maximum absolute atomic E-state index is 9.75. The highest BCUT2D eigenvalue weighted by Gasteiger charge is 2.21. The van der Waals surface area contributed by atoms with Crippen LogP contribution in [0.2, 0.25) is 0 Å². The van der Waals surface area contributed by atoms with Crippen LogP contribution in [0.1, 0.15) is 30.4 Å². The number of benzene rings is 1. The van der Waals surface area contributed by atoms with Crippen LogP contribution >= 0.6 is 11.8 Å². The van der Waals surface area contributed by atoms with E-state index in [4.69, 9.17) is 0 Å². The Morgan fingerprint density at radius 2 is 1.78 bits per heavy atom. The topological polar surface area (TPSA) is 52.8 Å². The average molecular weight is 324 g/mol. The van der Waals surface area contributed by atoms with Crippen LogP contribution in [0.3, 0.4) is 0 Å². The maximum atomic E-state index is 9.75. The van der Waals surface area contributed by atoms with E-state index in [9.17, 15) is 5.26 Å². The van der Waals surface area contributed by atoms with Crippen LogP contribution in [-0.2, 0) is 0 Å². The molecule has 1 aliphatic heterocycles. The number of aryl methyl sites for hydroxylation is 1. The molecule has 0 saturated carbocycles. The third-order valence-corrected chi connectivity index (χ3v) is 4.69. The van der Waals surface area contributed by atoms with Crippen LogP contribution in [0.25, 0.3) is 11.3 Å². The number of anilines is 1. The molecule has 0 atom stereocenters. The Morgan fingerprint density at radius 3 is 2.39 bits per heavy atom. The van der Waals surface area contributed by atoms with Gasteiger partial charge in [-0.1, -0.05) is 41.6 Å². The van der Waals surface area contributed by atoms with Gasteiger partial charge in [-0.15, -0.1) is 0 Å². The molecular weight excluding hydrogens is 304 g/mol. The van der Waals surface area contributed by atoms with Crippen LogP contribution in [0, 0.1) is 18.3 Å². The maximum Gasteiger partial charge on any atom is 0.189 e. The SMILES string of the molecule is CSc1nc(-c2ccc(C)cc2)c(C#N)c(N2CCCCC2)n1. The number of nitrogens with zero attached hydrogens (tertiary/aromatic N) is 4. The van der Waals surface area contributed by atoms with E-state index in [0.717, 1.165) is 48.2 Å². The van der Waals surface area contributed by atoms with Gasteiger partial charge in [0.2, 0.25) is 0 Å². The lowest BCUT2D eigenvalue weighted by Gasteiger charge is -2.29. The zero-order valence-electron chi connectivity index (χ0n) is 13.5. The quantitative estimate of drug-likeness (QED) is 0.630. The summed E-state index contributed by atoms with van der Waals surface area (Å²) >= 11 is 1.52. The Bertz CT molecular complexity index is 728. The molecule has 0 amide bonds. The van der Waals surface area contributed by atoms with Crippen molar-refractivity contribution in [2.75, 3.05) is 24.2 Å². The van der Waals surface area contributed by atoms with Gasteiger partial charge in [0.05, 0.1) is 5.69 Å². The summed E-state index contributed by atoms with van der Waals surface area (Å²) < 4.78 is 0. The van der Waals surface area contributed by atoms with Crippen molar-refractivity contribution in [3.05, 3.63) is 35.4 Å². The Hall–Kier alpha value is -2.06. The van der Waals surface area contributed by atoms with Gasteiger partial charge in [0.1, 0.15) is 11.6 Å². The van der Waals surface area contributed by atoms with Crippen molar-refractivity contribution in [3.8, 4) is 17.3 Å². The minimum atomic E-state index is 0.591. The van der Waals surface area contributed by atoms with Crippen LogP contribution in [0.4, 0.5) is 5.82 Å². The largest absolute Gasteiger partial charge is 0.355 e. The molecule has 4 nitrogen and oxygen atoms in total. The van der Waals surface area contributed by atoms with E-state index in [1.807, 2.05) is 18.4 Å². The predicted octanol–water partition coefficient (Wildman–Crippen LogP) is 4.04. The molecule has 0 bridgehead atoms. The van der Waals surface area contributed by atoms with E-state index in [1.165, 1.54) is 23.7 Å². The monoisotopic (exact) mass is 324 g/mol. The number of rotatable bonds is 3. The Labute approximate surface area is 141 Å². The Morgan fingerprint density at radius 1 is 1.09 bits per heavy atom. The zero-order chi connectivity index (χ0) is 16.2. The number of hydrogen-bond donors (Lipinski definition) is 0. The Kier molecular flexibility index (Phi) is 4.82. The van der Waals surface area contributed by atoms with Crippen molar-refractivity contribution in [2.24, 2.45) is 0 Å². The van der Waals surface area contributed by atoms with Crippen LogP contribution < -0.4 is 4.90 Å². The van der Waals surface area contributed by atoms with Crippen molar-refractivity contribution < 1.29 is 0 Å². The lowest BCUT2D eigenvalue weighted by molar-refractivity contribution is 0.571. The first-order chi connectivity index (χ1) is 11.2. The molecule has 0 unspecified atom stereocenters. The number of piperidine rings is 1. The second-order valence-electron chi connectivity index (χ2n) is 5.78. The second kappa shape index (κ2) is 7.01. The first kappa shape index (κ1) is 15.8. The van der Waals surface area contributed by atoms with Gasteiger partial charge in [-0.25, -0.2) is 9.97 Å². The molecule has 1 aliphatic rings. The molecule has 0 radical (unpaired) electrons.